The Kier molecular flexibility index (Phi) is 21.7. The minimum Gasteiger partial charge on any atom is -0.491 e. The standard InChI is InChI=1S/C24H48O4/c1-5-9-13-14-15-17-19-25-22-28-24(27-21-12-8-4)23(18-16-10-6-2)26-20-11-7-3/h5-22H2,1-4H3/b24-23-. The van der Waals surface area contributed by atoms with E-state index in [1.807, 2.05) is 0 Å². The number of hydrogen-bond donors (Lipinski definition) is 0. The fourth-order valence-electron chi connectivity index (χ4n) is 2.76. The van der Waals surface area contributed by atoms with Crippen molar-refractivity contribution in [3.8, 4) is 0 Å². The summed E-state index contributed by atoms with van der Waals surface area (Å²) < 4.78 is 23.5. The van der Waals surface area contributed by atoms with Crippen molar-refractivity contribution in [2.75, 3.05) is 26.6 Å². The summed E-state index contributed by atoms with van der Waals surface area (Å²) in [5, 5.41) is 0. The molecule has 0 aliphatic rings. The van der Waals surface area contributed by atoms with Crippen molar-refractivity contribution in [3.05, 3.63) is 11.7 Å². The van der Waals surface area contributed by atoms with E-state index in [9.17, 15) is 0 Å². The molecule has 0 rings (SSSR count). The zero-order valence-electron chi connectivity index (χ0n) is 19.4. The lowest BCUT2D eigenvalue weighted by molar-refractivity contribution is -0.0844. The molecule has 0 heterocycles. The van der Waals surface area contributed by atoms with Crippen LogP contribution in [0.1, 0.15) is 118 Å². The van der Waals surface area contributed by atoms with E-state index < -0.39 is 0 Å². The fourth-order valence-corrected chi connectivity index (χ4v) is 2.76. The zero-order chi connectivity index (χ0) is 20.7. The predicted octanol–water partition coefficient (Wildman–Crippen LogP) is 7.72. The summed E-state index contributed by atoms with van der Waals surface area (Å²) in [6.45, 7) is 11.2. The smallest absolute Gasteiger partial charge is 0.321 e. The molecule has 0 aliphatic carbocycles. The fraction of sp³-hybridized carbons (Fsp3) is 0.917. The first-order valence-electron chi connectivity index (χ1n) is 12.0. The van der Waals surface area contributed by atoms with Gasteiger partial charge in [0.1, 0.15) is 0 Å². The maximum atomic E-state index is 6.03. The molecular weight excluding hydrogens is 352 g/mol. The van der Waals surface area contributed by atoms with E-state index in [0.29, 0.717) is 12.6 Å². The van der Waals surface area contributed by atoms with Gasteiger partial charge in [-0.25, -0.2) is 0 Å². The number of hydrogen-bond acceptors (Lipinski definition) is 4. The van der Waals surface area contributed by atoms with Crippen LogP contribution in [-0.2, 0) is 18.9 Å². The lowest BCUT2D eigenvalue weighted by Crippen LogP contribution is -2.10. The van der Waals surface area contributed by atoms with Crippen molar-refractivity contribution < 1.29 is 18.9 Å². The third-order valence-corrected chi connectivity index (χ3v) is 4.66. The van der Waals surface area contributed by atoms with E-state index in [4.69, 9.17) is 18.9 Å². The highest BCUT2D eigenvalue weighted by molar-refractivity contribution is 4.95. The van der Waals surface area contributed by atoms with Crippen LogP contribution >= 0.6 is 0 Å². The maximum Gasteiger partial charge on any atom is 0.321 e. The summed E-state index contributed by atoms with van der Waals surface area (Å²) in [5.41, 5.74) is 0. The molecule has 0 atom stereocenters. The lowest BCUT2D eigenvalue weighted by atomic mass is 10.1. The average Bonchev–Trinajstić information content (AvgIpc) is 2.70. The van der Waals surface area contributed by atoms with Gasteiger partial charge in [-0.15, -0.1) is 0 Å². The van der Waals surface area contributed by atoms with Crippen LogP contribution in [0.5, 0.6) is 0 Å². The van der Waals surface area contributed by atoms with Crippen LogP contribution in [0.25, 0.3) is 0 Å². The van der Waals surface area contributed by atoms with Crippen molar-refractivity contribution >= 4 is 0 Å². The highest BCUT2D eigenvalue weighted by atomic mass is 16.7. The van der Waals surface area contributed by atoms with Gasteiger partial charge in [0.15, 0.2) is 12.6 Å². The van der Waals surface area contributed by atoms with E-state index in [1.165, 1.54) is 44.9 Å². The summed E-state index contributed by atoms with van der Waals surface area (Å²) in [4.78, 5) is 0. The first-order chi connectivity index (χ1) is 13.8. The van der Waals surface area contributed by atoms with Crippen LogP contribution < -0.4 is 0 Å². The summed E-state index contributed by atoms with van der Waals surface area (Å²) >= 11 is 0. The Labute approximate surface area is 175 Å². The molecule has 0 amide bonds. The zero-order valence-corrected chi connectivity index (χ0v) is 19.4. The molecule has 28 heavy (non-hydrogen) atoms. The molecule has 0 unspecified atom stereocenters. The first kappa shape index (κ1) is 27.1. The second kappa shape index (κ2) is 22.4. The Balaban J connectivity index is 4.44. The normalized spacial score (nSPS) is 12.0. The van der Waals surface area contributed by atoms with Crippen LogP contribution in [-0.4, -0.2) is 26.6 Å². The summed E-state index contributed by atoms with van der Waals surface area (Å²) in [7, 11) is 0. The molecule has 0 aromatic carbocycles. The molecule has 0 fully saturated rings. The topological polar surface area (TPSA) is 36.9 Å². The quantitative estimate of drug-likeness (QED) is 0.106. The molecule has 168 valence electrons. The first-order valence-corrected chi connectivity index (χ1v) is 12.0. The molecule has 0 N–H and O–H groups in total. The molecule has 0 aromatic heterocycles. The van der Waals surface area contributed by atoms with Crippen molar-refractivity contribution in [1.29, 1.82) is 0 Å². The monoisotopic (exact) mass is 400 g/mol. The number of rotatable bonds is 22. The SMILES string of the molecule is CCCCCCCCOCO/C(OCCCC)=C(/CCCCC)OCCCC. The van der Waals surface area contributed by atoms with Gasteiger partial charge in [-0.3, -0.25) is 0 Å². The predicted molar refractivity (Wildman–Crippen MR) is 118 cm³/mol. The molecule has 0 spiro atoms. The van der Waals surface area contributed by atoms with E-state index >= 15 is 0 Å². The number of ether oxygens (including phenoxy) is 4. The van der Waals surface area contributed by atoms with Crippen LogP contribution in [0.3, 0.4) is 0 Å². The average molecular weight is 401 g/mol. The van der Waals surface area contributed by atoms with Crippen molar-refractivity contribution in [2.45, 2.75) is 118 Å². The van der Waals surface area contributed by atoms with Crippen molar-refractivity contribution in [2.24, 2.45) is 0 Å². The molecule has 0 radical (unpaired) electrons. The van der Waals surface area contributed by atoms with E-state index in [0.717, 1.165) is 63.9 Å². The van der Waals surface area contributed by atoms with Gasteiger partial charge in [-0.1, -0.05) is 85.5 Å². The Hall–Kier alpha value is -0.900. The van der Waals surface area contributed by atoms with Gasteiger partial charge in [0.2, 0.25) is 0 Å². The molecule has 0 aromatic rings. The highest BCUT2D eigenvalue weighted by Gasteiger charge is 2.13. The minimum absolute atomic E-state index is 0.241. The Morgan fingerprint density at radius 3 is 1.75 bits per heavy atom. The van der Waals surface area contributed by atoms with Gasteiger partial charge in [-0.2, -0.15) is 0 Å². The molecular formula is C24H48O4. The third-order valence-electron chi connectivity index (χ3n) is 4.66. The minimum atomic E-state index is 0.241. The Bertz CT molecular complexity index is 329. The van der Waals surface area contributed by atoms with Gasteiger partial charge in [-0.05, 0) is 25.7 Å². The highest BCUT2D eigenvalue weighted by Crippen LogP contribution is 2.19. The number of allylic oxidation sites excluding steroid dienone is 1. The molecule has 0 aliphatic heterocycles. The Morgan fingerprint density at radius 1 is 0.500 bits per heavy atom. The van der Waals surface area contributed by atoms with Crippen molar-refractivity contribution in [1.82, 2.24) is 0 Å². The lowest BCUT2D eigenvalue weighted by Gasteiger charge is -2.18. The van der Waals surface area contributed by atoms with E-state index in [1.54, 1.807) is 0 Å². The molecule has 4 heteroatoms. The Morgan fingerprint density at radius 2 is 1.07 bits per heavy atom. The van der Waals surface area contributed by atoms with Crippen LogP contribution in [0, 0.1) is 0 Å². The number of unbranched alkanes of at least 4 members (excludes halogenated alkanes) is 9. The third kappa shape index (κ3) is 17.2. The van der Waals surface area contributed by atoms with Gasteiger partial charge >= 0.3 is 5.95 Å². The molecule has 0 bridgehead atoms. The summed E-state index contributed by atoms with van der Waals surface area (Å²) in [5.74, 6) is 1.41. The van der Waals surface area contributed by atoms with Crippen molar-refractivity contribution in [3.63, 3.8) is 0 Å². The van der Waals surface area contributed by atoms with Crippen LogP contribution in [0.4, 0.5) is 0 Å². The van der Waals surface area contributed by atoms with Crippen LogP contribution in [0.15, 0.2) is 11.7 Å². The summed E-state index contributed by atoms with van der Waals surface area (Å²) in [6, 6.07) is 0. The van der Waals surface area contributed by atoms with Gasteiger partial charge in [0.05, 0.1) is 19.8 Å². The van der Waals surface area contributed by atoms with E-state index in [2.05, 4.69) is 27.7 Å². The summed E-state index contributed by atoms with van der Waals surface area (Å²) in [6.07, 6.45) is 16.2. The van der Waals surface area contributed by atoms with Gasteiger partial charge < -0.3 is 18.9 Å². The molecule has 4 nitrogen and oxygen atoms in total. The second-order valence-corrected chi connectivity index (χ2v) is 7.51. The van der Waals surface area contributed by atoms with E-state index in [-0.39, 0.29) is 6.79 Å². The largest absolute Gasteiger partial charge is 0.491 e. The van der Waals surface area contributed by atoms with Crippen LogP contribution in [0.2, 0.25) is 0 Å². The maximum absolute atomic E-state index is 6.03. The van der Waals surface area contributed by atoms with Gasteiger partial charge in [0, 0.05) is 6.42 Å². The molecule has 0 saturated carbocycles. The second-order valence-electron chi connectivity index (χ2n) is 7.51. The van der Waals surface area contributed by atoms with Gasteiger partial charge in [0.25, 0.3) is 0 Å². The molecule has 0 saturated heterocycles.